The predicted molar refractivity (Wildman–Crippen MR) is 87.1 cm³/mol. The van der Waals surface area contributed by atoms with Crippen LogP contribution in [0, 0.1) is 0 Å². The molecule has 0 unspecified atom stereocenters. The number of hydrogen-bond donors (Lipinski definition) is 2. The molecule has 3 heterocycles. The van der Waals surface area contributed by atoms with E-state index in [0.29, 0.717) is 0 Å². The molecule has 0 saturated heterocycles. The van der Waals surface area contributed by atoms with E-state index < -0.39 is 0 Å². The van der Waals surface area contributed by atoms with Crippen LogP contribution in [0.1, 0.15) is 0 Å². The van der Waals surface area contributed by atoms with Gasteiger partial charge in [0.2, 0.25) is 0 Å². The highest BCUT2D eigenvalue weighted by Gasteiger charge is 2.11. The van der Waals surface area contributed by atoms with E-state index in [2.05, 4.69) is 32.7 Å². The maximum absolute atomic E-state index is 6.06. The Balaban J connectivity index is 1.94. The Bertz CT molecular complexity index is 909. The molecule has 3 aromatic heterocycles. The van der Waals surface area contributed by atoms with Crippen molar-refractivity contribution in [2.45, 2.75) is 0 Å². The van der Waals surface area contributed by atoms with Gasteiger partial charge in [0.05, 0.1) is 10.6 Å². The lowest BCUT2D eigenvalue weighted by Crippen LogP contribution is -1.90. The maximum atomic E-state index is 6.06. The summed E-state index contributed by atoms with van der Waals surface area (Å²) in [4.78, 5) is 5.59. The van der Waals surface area contributed by atoms with Gasteiger partial charge in [-0.25, -0.2) is 4.98 Å². The highest BCUT2D eigenvalue weighted by molar-refractivity contribution is 7.13. The summed E-state index contributed by atoms with van der Waals surface area (Å²) in [5.74, 6) is 0. The molecule has 0 fully saturated rings. The van der Waals surface area contributed by atoms with Gasteiger partial charge in [-0.2, -0.15) is 5.10 Å². The van der Waals surface area contributed by atoms with Crippen LogP contribution in [-0.2, 0) is 0 Å². The highest BCUT2D eigenvalue weighted by atomic mass is 32.1. The fourth-order valence-electron chi connectivity index (χ4n) is 2.42. The first-order valence-electron chi connectivity index (χ1n) is 6.56. The minimum Gasteiger partial charge on any atom is -0.398 e. The second kappa shape index (κ2) is 4.71. The Morgan fingerprint density at radius 1 is 1.10 bits per heavy atom. The summed E-state index contributed by atoms with van der Waals surface area (Å²) in [5, 5.41) is 10.4. The van der Waals surface area contributed by atoms with Crippen molar-refractivity contribution in [3.8, 4) is 21.7 Å². The van der Waals surface area contributed by atoms with Crippen molar-refractivity contribution in [2.24, 2.45) is 0 Å². The number of thiophene rings is 1. The number of hydrogen-bond acceptors (Lipinski definition) is 4. The van der Waals surface area contributed by atoms with Crippen molar-refractivity contribution in [1.82, 2.24) is 15.2 Å². The number of nitrogens with two attached hydrogens (primary N) is 1. The molecule has 0 spiro atoms. The highest BCUT2D eigenvalue weighted by Crippen LogP contribution is 2.32. The molecule has 102 valence electrons. The molecule has 3 N–H and O–H groups in total. The average Bonchev–Trinajstić information content (AvgIpc) is 3.16. The summed E-state index contributed by atoms with van der Waals surface area (Å²) in [6, 6.07) is 14.0. The van der Waals surface area contributed by atoms with E-state index in [9.17, 15) is 0 Å². The molecule has 1 aromatic carbocycles. The Morgan fingerprint density at radius 2 is 2.00 bits per heavy atom. The quantitative estimate of drug-likeness (QED) is 0.550. The molecule has 0 amide bonds. The first-order chi connectivity index (χ1) is 10.3. The number of aromatic amines is 1. The van der Waals surface area contributed by atoms with Gasteiger partial charge in [0, 0.05) is 28.4 Å². The number of para-hydroxylation sites is 1. The Hall–Kier alpha value is -2.66. The summed E-state index contributed by atoms with van der Waals surface area (Å²) < 4.78 is 0. The molecule has 0 radical (unpaired) electrons. The molecule has 0 bridgehead atoms. The minimum absolute atomic E-state index is 0.719. The number of anilines is 1. The van der Waals surface area contributed by atoms with Crippen molar-refractivity contribution in [3.05, 3.63) is 54.0 Å². The van der Waals surface area contributed by atoms with Crippen LogP contribution in [0.25, 0.3) is 32.7 Å². The van der Waals surface area contributed by atoms with E-state index in [1.54, 1.807) is 11.3 Å². The zero-order chi connectivity index (χ0) is 14.2. The van der Waals surface area contributed by atoms with Gasteiger partial charge < -0.3 is 5.73 Å². The topological polar surface area (TPSA) is 67.6 Å². The lowest BCUT2D eigenvalue weighted by atomic mass is 10.0. The molecule has 21 heavy (non-hydrogen) atoms. The molecule has 0 aliphatic rings. The van der Waals surface area contributed by atoms with E-state index in [0.717, 1.165) is 38.4 Å². The van der Waals surface area contributed by atoms with Gasteiger partial charge >= 0.3 is 0 Å². The van der Waals surface area contributed by atoms with Crippen molar-refractivity contribution < 1.29 is 0 Å². The van der Waals surface area contributed by atoms with Gasteiger partial charge in [0.15, 0.2) is 5.65 Å². The van der Waals surface area contributed by atoms with Crippen molar-refractivity contribution in [3.63, 3.8) is 0 Å². The lowest BCUT2D eigenvalue weighted by Gasteiger charge is -2.05. The van der Waals surface area contributed by atoms with Crippen LogP contribution in [0.15, 0.2) is 54.0 Å². The molecular formula is C16H12N4S. The SMILES string of the molecule is Nc1ccccc1-c1cnc2n[nH]c(-c3cccs3)c2c1. The minimum atomic E-state index is 0.719. The number of aromatic nitrogens is 3. The van der Waals surface area contributed by atoms with Gasteiger partial charge in [-0.3, -0.25) is 5.10 Å². The number of nitrogens with zero attached hydrogens (tertiary/aromatic N) is 2. The van der Waals surface area contributed by atoms with Crippen molar-refractivity contribution >= 4 is 28.1 Å². The summed E-state index contributed by atoms with van der Waals surface area (Å²) in [5.41, 5.74) is 10.5. The Labute approximate surface area is 125 Å². The number of nitrogens with one attached hydrogen (secondary N) is 1. The largest absolute Gasteiger partial charge is 0.398 e. The van der Waals surface area contributed by atoms with Gasteiger partial charge in [-0.1, -0.05) is 24.3 Å². The lowest BCUT2D eigenvalue weighted by molar-refractivity contribution is 1.10. The normalized spacial score (nSPS) is 11.0. The number of H-pyrrole nitrogens is 1. The fraction of sp³-hybridized carbons (Fsp3) is 0. The van der Waals surface area contributed by atoms with Crippen molar-refractivity contribution in [2.75, 3.05) is 5.73 Å². The van der Waals surface area contributed by atoms with Gasteiger partial charge in [0.25, 0.3) is 0 Å². The molecule has 4 nitrogen and oxygen atoms in total. The standard InChI is InChI=1S/C16H12N4S/c17-13-5-2-1-4-11(13)10-8-12-15(14-6-3-7-21-14)19-20-16(12)18-9-10/h1-9H,17H2,(H,18,19,20). The van der Waals surface area contributed by atoms with E-state index >= 15 is 0 Å². The monoisotopic (exact) mass is 292 g/mol. The Kier molecular flexibility index (Phi) is 2.72. The van der Waals surface area contributed by atoms with Crippen LogP contribution < -0.4 is 5.73 Å². The molecule has 4 aromatic rings. The second-order valence-corrected chi connectivity index (χ2v) is 5.71. The van der Waals surface area contributed by atoms with Gasteiger partial charge in [-0.05, 0) is 23.6 Å². The summed E-state index contributed by atoms with van der Waals surface area (Å²) >= 11 is 1.68. The zero-order valence-corrected chi connectivity index (χ0v) is 11.9. The van der Waals surface area contributed by atoms with Crippen LogP contribution in [-0.4, -0.2) is 15.2 Å². The van der Waals surface area contributed by atoms with Crippen LogP contribution >= 0.6 is 11.3 Å². The van der Waals surface area contributed by atoms with E-state index in [4.69, 9.17) is 5.73 Å². The molecule has 0 aliphatic carbocycles. The molecule has 0 saturated carbocycles. The predicted octanol–water partition coefficient (Wildman–Crippen LogP) is 3.94. The molecule has 5 heteroatoms. The first kappa shape index (κ1) is 12.1. The third-order valence-corrected chi connectivity index (χ3v) is 4.34. The maximum Gasteiger partial charge on any atom is 0.181 e. The van der Waals surface area contributed by atoms with Gasteiger partial charge in [0.1, 0.15) is 0 Å². The third kappa shape index (κ3) is 1.98. The zero-order valence-electron chi connectivity index (χ0n) is 11.1. The summed E-state index contributed by atoms with van der Waals surface area (Å²) in [6.45, 7) is 0. The van der Waals surface area contributed by atoms with Crippen LogP contribution in [0.3, 0.4) is 0 Å². The van der Waals surface area contributed by atoms with Crippen LogP contribution in [0.2, 0.25) is 0 Å². The summed E-state index contributed by atoms with van der Waals surface area (Å²) in [7, 11) is 0. The number of nitrogen functional groups attached to an aromatic ring is 1. The smallest absolute Gasteiger partial charge is 0.181 e. The molecule has 4 rings (SSSR count). The molecule has 0 atom stereocenters. The van der Waals surface area contributed by atoms with E-state index in [1.807, 2.05) is 36.5 Å². The van der Waals surface area contributed by atoms with Crippen LogP contribution in [0.5, 0.6) is 0 Å². The first-order valence-corrected chi connectivity index (χ1v) is 7.44. The van der Waals surface area contributed by atoms with Crippen LogP contribution in [0.4, 0.5) is 5.69 Å². The number of pyridine rings is 1. The fourth-order valence-corrected chi connectivity index (χ4v) is 3.15. The Morgan fingerprint density at radius 3 is 2.81 bits per heavy atom. The number of benzene rings is 1. The second-order valence-electron chi connectivity index (χ2n) is 4.76. The molecular weight excluding hydrogens is 280 g/mol. The number of rotatable bonds is 2. The van der Waals surface area contributed by atoms with Crippen molar-refractivity contribution in [1.29, 1.82) is 0 Å². The third-order valence-electron chi connectivity index (χ3n) is 3.45. The summed E-state index contributed by atoms with van der Waals surface area (Å²) in [6.07, 6.45) is 1.81. The average molecular weight is 292 g/mol. The van der Waals surface area contributed by atoms with E-state index in [-0.39, 0.29) is 0 Å². The number of fused-ring (bicyclic) bond motifs is 1. The van der Waals surface area contributed by atoms with Gasteiger partial charge in [-0.15, -0.1) is 11.3 Å². The van der Waals surface area contributed by atoms with E-state index in [1.165, 1.54) is 0 Å². The molecule has 0 aliphatic heterocycles.